The Morgan fingerprint density at radius 2 is 1.93 bits per heavy atom. The second-order valence-corrected chi connectivity index (χ2v) is 4.87. The average molecular weight is 212 g/mol. The average Bonchev–Trinajstić information content (AvgIpc) is 2.29. The van der Waals surface area contributed by atoms with E-state index in [2.05, 4.69) is 31.0 Å². The van der Waals surface area contributed by atoms with Crippen LogP contribution >= 0.6 is 0 Å². The van der Waals surface area contributed by atoms with Crippen LogP contribution in [0.1, 0.15) is 46.5 Å². The van der Waals surface area contributed by atoms with Crippen molar-refractivity contribution < 1.29 is 0 Å². The van der Waals surface area contributed by atoms with Gasteiger partial charge >= 0.3 is 0 Å². The molecule has 1 atom stereocenters. The summed E-state index contributed by atoms with van der Waals surface area (Å²) in [5, 5.41) is 3.67. The lowest BCUT2D eigenvalue weighted by molar-refractivity contribution is 0.169. The van der Waals surface area contributed by atoms with Crippen molar-refractivity contribution in [1.29, 1.82) is 0 Å². The molecule has 1 fully saturated rings. The molecular formula is C13H28N2. The molecule has 1 aliphatic rings. The predicted molar refractivity (Wildman–Crippen MR) is 67.2 cm³/mol. The van der Waals surface area contributed by atoms with Gasteiger partial charge in [-0.2, -0.15) is 0 Å². The molecule has 0 aromatic rings. The number of likely N-dealkylation sites (tertiary alicyclic amines) is 1. The van der Waals surface area contributed by atoms with Crippen LogP contribution in [0.2, 0.25) is 0 Å². The van der Waals surface area contributed by atoms with Crippen LogP contribution in [-0.4, -0.2) is 37.1 Å². The van der Waals surface area contributed by atoms with Gasteiger partial charge in [0.05, 0.1) is 0 Å². The number of hydrogen-bond acceptors (Lipinski definition) is 2. The summed E-state index contributed by atoms with van der Waals surface area (Å²) in [5.41, 5.74) is 0. The fourth-order valence-electron chi connectivity index (χ4n) is 2.44. The normalized spacial score (nSPS) is 21.8. The molecule has 0 aromatic heterocycles. The van der Waals surface area contributed by atoms with Gasteiger partial charge in [-0.3, -0.25) is 0 Å². The lowest BCUT2D eigenvalue weighted by Crippen LogP contribution is -2.42. The Kier molecular flexibility index (Phi) is 6.26. The fourth-order valence-corrected chi connectivity index (χ4v) is 2.44. The number of piperidine rings is 1. The highest BCUT2D eigenvalue weighted by molar-refractivity contribution is 4.78. The highest BCUT2D eigenvalue weighted by atomic mass is 15.1. The number of hydrogen-bond donors (Lipinski definition) is 1. The van der Waals surface area contributed by atoms with Crippen LogP contribution in [0.4, 0.5) is 0 Å². The zero-order valence-corrected chi connectivity index (χ0v) is 10.8. The van der Waals surface area contributed by atoms with Crippen LogP contribution in [-0.2, 0) is 0 Å². The molecule has 1 N–H and O–H groups in total. The molecule has 2 nitrogen and oxygen atoms in total. The molecule has 1 rings (SSSR count). The van der Waals surface area contributed by atoms with Gasteiger partial charge in [0.15, 0.2) is 0 Å². The standard InChI is InChI=1S/C13H28N2/c1-4-6-9-14-12(3)13-7-10-15(5-2)11-8-13/h12-14H,4-11H2,1-3H3. The lowest BCUT2D eigenvalue weighted by Gasteiger charge is -2.34. The first-order valence-electron chi connectivity index (χ1n) is 6.73. The molecule has 1 aliphatic heterocycles. The van der Waals surface area contributed by atoms with Crippen LogP contribution in [0.15, 0.2) is 0 Å². The number of nitrogens with zero attached hydrogens (tertiary/aromatic N) is 1. The number of rotatable bonds is 6. The molecule has 0 saturated carbocycles. The second kappa shape index (κ2) is 7.24. The zero-order valence-electron chi connectivity index (χ0n) is 10.8. The van der Waals surface area contributed by atoms with Crippen molar-refractivity contribution in [1.82, 2.24) is 10.2 Å². The Hall–Kier alpha value is -0.0800. The van der Waals surface area contributed by atoms with Gasteiger partial charge in [-0.25, -0.2) is 0 Å². The van der Waals surface area contributed by atoms with E-state index in [1.165, 1.54) is 51.9 Å². The van der Waals surface area contributed by atoms with Crippen LogP contribution in [0.5, 0.6) is 0 Å². The molecule has 0 aliphatic carbocycles. The minimum atomic E-state index is 0.718. The van der Waals surface area contributed by atoms with Crippen molar-refractivity contribution in [2.75, 3.05) is 26.2 Å². The summed E-state index contributed by atoms with van der Waals surface area (Å²) in [6.07, 6.45) is 5.38. The van der Waals surface area contributed by atoms with Crippen molar-refractivity contribution in [3.8, 4) is 0 Å². The smallest absolute Gasteiger partial charge is 0.00679 e. The SMILES string of the molecule is CCCCNC(C)C1CCN(CC)CC1. The van der Waals surface area contributed by atoms with E-state index < -0.39 is 0 Å². The Bertz CT molecular complexity index is 151. The monoisotopic (exact) mass is 212 g/mol. The molecule has 90 valence electrons. The Morgan fingerprint density at radius 1 is 1.27 bits per heavy atom. The van der Waals surface area contributed by atoms with E-state index in [0.717, 1.165) is 12.0 Å². The Morgan fingerprint density at radius 3 is 2.47 bits per heavy atom. The molecule has 0 spiro atoms. The van der Waals surface area contributed by atoms with E-state index >= 15 is 0 Å². The molecule has 0 bridgehead atoms. The number of unbranched alkanes of at least 4 members (excludes halogenated alkanes) is 1. The van der Waals surface area contributed by atoms with Crippen molar-refractivity contribution >= 4 is 0 Å². The Labute approximate surface area is 95.4 Å². The molecule has 0 amide bonds. The van der Waals surface area contributed by atoms with E-state index in [-0.39, 0.29) is 0 Å². The van der Waals surface area contributed by atoms with Crippen molar-refractivity contribution in [2.24, 2.45) is 5.92 Å². The first-order valence-corrected chi connectivity index (χ1v) is 6.73. The van der Waals surface area contributed by atoms with Crippen LogP contribution < -0.4 is 5.32 Å². The second-order valence-electron chi connectivity index (χ2n) is 4.87. The van der Waals surface area contributed by atoms with Crippen molar-refractivity contribution in [3.63, 3.8) is 0 Å². The van der Waals surface area contributed by atoms with E-state index in [0.29, 0.717) is 0 Å². The van der Waals surface area contributed by atoms with Crippen LogP contribution in [0.3, 0.4) is 0 Å². The third-order valence-electron chi connectivity index (χ3n) is 3.78. The van der Waals surface area contributed by atoms with E-state index in [1.54, 1.807) is 0 Å². The fraction of sp³-hybridized carbons (Fsp3) is 1.00. The molecule has 15 heavy (non-hydrogen) atoms. The molecule has 0 radical (unpaired) electrons. The summed E-state index contributed by atoms with van der Waals surface area (Å²) in [7, 11) is 0. The first-order chi connectivity index (χ1) is 7.27. The van der Waals surface area contributed by atoms with E-state index in [4.69, 9.17) is 0 Å². The molecule has 1 heterocycles. The number of nitrogens with one attached hydrogen (secondary N) is 1. The third-order valence-corrected chi connectivity index (χ3v) is 3.78. The van der Waals surface area contributed by atoms with Gasteiger partial charge in [0.1, 0.15) is 0 Å². The Balaban J connectivity index is 2.15. The third kappa shape index (κ3) is 4.52. The maximum absolute atomic E-state index is 3.67. The minimum absolute atomic E-state index is 0.718. The predicted octanol–water partition coefficient (Wildman–Crippen LogP) is 2.50. The summed E-state index contributed by atoms with van der Waals surface area (Å²) < 4.78 is 0. The maximum atomic E-state index is 3.67. The van der Waals surface area contributed by atoms with Gasteiger partial charge < -0.3 is 10.2 Å². The molecule has 1 saturated heterocycles. The largest absolute Gasteiger partial charge is 0.314 e. The van der Waals surface area contributed by atoms with Gasteiger partial charge in [-0.05, 0) is 58.3 Å². The van der Waals surface area contributed by atoms with E-state index in [9.17, 15) is 0 Å². The zero-order chi connectivity index (χ0) is 11.1. The van der Waals surface area contributed by atoms with E-state index in [1.807, 2.05) is 0 Å². The summed E-state index contributed by atoms with van der Waals surface area (Å²) in [6.45, 7) is 11.9. The van der Waals surface area contributed by atoms with Crippen molar-refractivity contribution in [3.05, 3.63) is 0 Å². The topological polar surface area (TPSA) is 15.3 Å². The molecule has 0 aromatic carbocycles. The first kappa shape index (κ1) is 13.0. The van der Waals surface area contributed by atoms with Gasteiger partial charge in [0.2, 0.25) is 0 Å². The molecule has 2 heteroatoms. The van der Waals surface area contributed by atoms with Gasteiger partial charge in [-0.15, -0.1) is 0 Å². The maximum Gasteiger partial charge on any atom is 0.00679 e. The highest BCUT2D eigenvalue weighted by Gasteiger charge is 2.22. The lowest BCUT2D eigenvalue weighted by atomic mass is 9.90. The highest BCUT2D eigenvalue weighted by Crippen LogP contribution is 2.20. The minimum Gasteiger partial charge on any atom is -0.314 e. The molecule has 1 unspecified atom stereocenters. The van der Waals surface area contributed by atoms with Crippen molar-refractivity contribution in [2.45, 2.75) is 52.5 Å². The van der Waals surface area contributed by atoms with Gasteiger partial charge in [0.25, 0.3) is 0 Å². The summed E-state index contributed by atoms with van der Waals surface area (Å²) >= 11 is 0. The summed E-state index contributed by atoms with van der Waals surface area (Å²) in [6, 6.07) is 0.718. The summed E-state index contributed by atoms with van der Waals surface area (Å²) in [5.74, 6) is 0.907. The summed E-state index contributed by atoms with van der Waals surface area (Å²) in [4.78, 5) is 2.56. The van der Waals surface area contributed by atoms with Crippen LogP contribution in [0, 0.1) is 5.92 Å². The van der Waals surface area contributed by atoms with Crippen LogP contribution in [0.25, 0.3) is 0 Å². The van der Waals surface area contributed by atoms with Gasteiger partial charge in [-0.1, -0.05) is 20.3 Å². The molecular weight excluding hydrogens is 184 g/mol. The van der Waals surface area contributed by atoms with Gasteiger partial charge in [0, 0.05) is 6.04 Å². The quantitative estimate of drug-likeness (QED) is 0.681.